The number of carbonyl (C=O) groups excluding carboxylic acids is 1. The molecule has 0 bridgehead atoms. The molecular formula is C13H15ClN2O2. The molecule has 1 aromatic rings. The molecule has 0 atom stereocenters. The second-order valence-electron chi connectivity index (χ2n) is 4.11. The molecular weight excluding hydrogens is 252 g/mol. The number of nitrogens with zero attached hydrogens (tertiary/aromatic N) is 2. The van der Waals surface area contributed by atoms with Crippen LogP contribution in [0.15, 0.2) is 23.2 Å². The number of fused-ring (bicyclic) bond motifs is 1. The van der Waals surface area contributed by atoms with Crippen LogP contribution >= 0.6 is 11.6 Å². The van der Waals surface area contributed by atoms with Gasteiger partial charge in [0.1, 0.15) is 6.54 Å². The number of esters is 1. The highest BCUT2D eigenvalue weighted by molar-refractivity contribution is 6.65. The number of amidine groups is 1. The van der Waals surface area contributed by atoms with E-state index in [1.807, 2.05) is 25.1 Å². The lowest BCUT2D eigenvalue weighted by Crippen LogP contribution is -2.35. The van der Waals surface area contributed by atoms with Crippen molar-refractivity contribution in [2.24, 2.45) is 4.99 Å². The van der Waals surface area contributed by atoms with Crippen LogP contribution in [0.2, 0.25) is 0 Å². The molecule has 0 fully saturated rings. The van der Waals surface area contributed by atoms with Gasteiger partial charge in [-0.1, -0.05) is 12.1 Å². The lowest BCUT2D eigenvalue weighted by Gasteiger charge is -2.27. The SMILES string of the molecule is CCOC(=O)CN1Cc2c(C)cccc2N=C1Cl. The molecule has 1 aliphatic heterocycles. The van der Waals surface area contributed by atoms with Crippen LogP contribution in [-0.2, 0) is 16.1 Å². The van der Waals surface area contributed by atoms with Crippen LogP contribution in [0.3, 0.4) is 0 Å². The van der Waals surface area contributed by atoms with Gasteiger partial charge in [0.05, 0.1) is 12.3 Å². The van der Waals surface area contributed by atoms with Crippen molar-refractivity contribution in [3.05, 3.63) is 29.3 Å². The van der Waals surface area contributed by atoms with E-state index < -0.39 is 0 Å². The van der Waals surface area contributed by atoms with E-state index in [4.69, 9.17) is 16.3 Å². The van der Waals surface area contributed by atoms with Crippen LogP contribution in [0.4, 0.5) is 5.69 Å². The molecule has 5 heteroatoms. The standard InChI is InChI=1S/C13H15ClN2O2/c1-3-18-12(17)8-16-7-10-9(2)5-4-6-11(10)15-13(16)14/h4-6H,3,7-8H2,1-2H3. The molecule has 0 amide bonds. The minimum Gasteiger partial charge on any atom is -0.465 e. The predicted octanol–water partition coefficient (Wildman–Crippen LogP) is 2.60. The Labute approximate surface area is 111 Å². The van der Waals surface area contributed by atoms with Crippen LogP contribution < -0.4 is 0 Å². The Morgan fingerprint density at radius 1 is 1.56 bits per heavy atom. The lowest BCUT2D eigenvalue weighted by atomic mass is 10.1. The Balaban J connectivity index is 2.19. The summed E-state index contributed by atoms with van der Waals surface area (Å²) in [7, 11) is 0. The van der Waals surface area contributed by atoms with E-state index in [-0.39, 0.29) is 12.5 Å². The van der Waals surface area contributed by atoms with Crippen molar-refractivity contribution in [2.75, 3.05) is 13.2 Å². The summed E-state index contributed by atoms with van der Waals surface area (Å²) in [6.07, 6.45) is 0. The molecule has 0 N–H and O–H groups in total. The Morgan fingerprint density at radius 2 is 2.33 bits per heavy atom. The zero-order valence-corrected chi connectivity index (χ0v) is 11.2. The fourth-order valence-electron chi connectivity index (χ4n) is 1.91. The predicted molar refractivity (Wildman–Crippen MR) is 71.2 cm³/mol. The van der Waals surface area contributed by atoms with Gasteiger partial charge in [0.25, 0.3) is 0 Å². The first-order chi connectivity index (χ1) is 8.61. The third kappa shape index (κ3) is 2.64. The lowest BCUT2D eigenvalue weighted by molar-refractivity contribution is -0.143. The van der Waals surface area contributed by atoms with Gasteiger partial charge in [-0.05, 0) is 37.1 Å². The number of rotatable bonds is 3. The summed E-state index contributed by atoms with van der Waals surface area (Å²) in [4.78, 5) is 17.5. The van der Waals surface area contributed by atoms with E-state index in [1.165, 1.54) is 0 Å². The van der Waals surface area contributed by atoms with Crippen LogP contribution in [0.25, 0.3) is 0 Å². The van der Waals surface area contributed by atoms with E-state index in [0.29, 0.717) is 18.4 Å². The maximum absolute atomic E-state index is 11.5. The molecule has 0 radical (unpaired) electrons. The molecule has 0 saturated heterocycles. The summed E-state index contributed by atoms with van der Waals surface area (Å²) in [6, 6.07) is 5.89. The summed E-state index contributed by atoms with van der Waals surface area (Å²) in [5.41, 5.74) is 3.13. The minimum absolute atomic E-state index is 0.129. The van der Waals surface area contributed by atoms with E-state index in [2.05, 4.69) is 4.99 Å². The summed E-state index contributed by atoms with van der Waals surface area (Å²) in [5.74, 6) is -0.289. The highest BCUT2D eigenvalue weighted by Gasteiger charge is 2.21. The van der Waals surface area contributed by atoms with Crippen molar-refractivity contribution in [2.45, 2.75) is 20.4 Å². The summed E-state index contributed by atoms with van der Waals surface area (Å²) < 4.78 is 4.92. The Kier molecular flexibility index (Phi) is 3.87. The maximum Gasteiger partial charge on any atom is 0.325 e. The van der Waals surface area contributed by atoms with Gasteiger partial charge in [-0.2, -0.15) is 0 Å². The average molecular weight is 267 g/mol. The van der Waals surface area contributed by atoms with Gasteiger partial charge in [-0.25, -0.2) is 4.99 Å². The molecule has 0 saturated carbocycles. The number of halogens is 1. The van der Waals surface area contributed by atoms with Crippen molar-refractivity contribution in [3.63, 3.8) is 0 Å². The summed E-state index contributed by atoms with van der Waals surface area (Å²) in [5, 5.41) is 0.334. The van der Waals surface area contributed by atoms with Gasteiger partial charge in [0, 0.05) is 12.1 Å². The number of ether oxygens (including phenoxy) is 1. The molecule has 2 rings (SSSR count). The number of aryl methyl sites for hydroxylation is 1. The molecule has 1 aromatic carbocycles. The number of hydrogen-bond acceptors (Lipinski definition) is 4. The topological polar surface area (TPSA) is 41.9 Å². The van der Waals surface area contributed by atoms with Gasteiger partial charge in [-0.3, -0.25) is 4.79 Å². The molecule has 96 valence electrons. The van der Waals surface area contributed by atoms with E-state index in [0.717, 1.165) is 16.8 Å². The number of hydrogen-bond donors (Lipinski definition) is 0. The zero-order chi connectivity index (χ0) is 13.1. The zero-order valence-electron chi connectivity index (χ0n) is 10.4. The quantitative estimate of drug-likeness (QED) is 0.624. The fourth-order valence-corrected chi connectivity index (χ4v) is 2.12. The van der Waals surface area contributed by atoms with Gasteiger partial charge in [0.15, 0.2) is 5.29 Å². The van der Waals surface area contributed by atoms with E-state index >= 15 is 0 Å². The second kappa shape index (κ2) is 5.40. The summed E-state index contributed by atoms with van der Waals surface area (Å²) in [6.45, 7) is 4.89. The molecule has 1 heterocycles. The largest absolute Gasteiger partial charge is 0.465 e. The molecule has 0 aliphatic carbocycles. The van der Waals surface area contributed by atoms with Gasteiger partial charge < -0.3 is 9.64 Å². The van der Waals surface area contributed by atoms with Crippen LogP contribution in [0, 0.1) is 6.92 Å². The minimum atomic E-state index is -0.289. The number of benzene rings is 1. The van der Waals surface area contributed by atoms with Crippen LogP contribution in [0.1, 0.15) is 18.1 Å². The first kappa shape index (κ1) is 12.9. The highest BCUT2D eigenvalue weighted by atomic mass is 35.5. The number of carbonyl (C=O) groups is 1. The third-order valence-corrected chi connectivity index (χ3v) is 3.16. The number of aliphatic imine (C=N–C) groups is 1. The monoisotopic (exact) mass is 266 g/mol. The summed E-state index contributed by atoms with van der Waals surface area (Å²) >= 11 is 6.08. The smallest absolute Gasteiger partial charge is 0.325 e. The van der Waals surface area contributed by atoms with E-state index in [9.17, 15) is 4.79 Å². The van der Waals surface area contributed by atoms with Crippen LogP contribution in [0.5, 0.6) is 0 Å². The molecule has 1 aliphatic rings. The maximum atomic E-state index is 11.5. The van der Waals surface area contributed by atoms with Crippen molar-refractivity contribution in [3.8, 4) is 0 Å². The molecule has 0 aromatic heterocycles. The molecule has 0 spiro atoms. The highest BCUT2D eigenvalue weighted by Crippen LogP contribution is 2.29. The van der Waals surface area contributed by atoms with Crippen LogP contribution in [-0.4, -0.2) is 29.3 Å². The molecule has 0 unspecified atom stereocenters. The Morgan fingerprint density at radius 3 is 3.06 bits per heavy atom. The van der Waals surface area contributed by atoms with Crippen molar-refractivity contribution >= 4 is 28.6 Å². The van der Waals surface area contributed by atoms with Crippen molar-refractivity contribution in [1.82, 2.24) is 4.90 Å². The van der Waals surface area contributed by atoms with Gasteiger partial charge >= 0.3 is 5.97 Å². The van der Waals surface area contributed by atoms with Crippen molar-refractivity contribution < 1.29 is 9.53 Å². The third-order valence-electron chi connectivity index (χ3n) is 2.83. The first-order valence-corrected chi connectivity index (χ1v) is 6.23. The molecule has 4 nitrogen and oxygen atoms in total. The fraction of sp³-hybridized carbons (Fsp3) is 0.385. The van der Waals surface area contributed by atoms with E-state index in [1.54, 1.807) is 11.8 Å². The Hall–Kier alpha value is -1.55. The normalized spacial score (nSPS) is 13.9. The average Bonchev–Trinajstić information content (AvgIpc) is 2.31. The second-order valence-corrected chi connectivity index (χ2v) is 4.45. The van der Waals surface area contributed by atoms with Gasteiger partial charge in [0.2, 0.25) is 0 Å². The van der Waals surface area contributed by atoms with Gasteiger partial charge in [-0.15, -0.1) is 0 Å². The molecule has 18 heavy (non-hydrogen) atoms. The first-order valence-electron chi connectivity index (χ1n) is 5.85. The Bertz CT molecular complexity index is 500. The van der Waals surface area contributed by atoms with Crippen molar-refractivity contribution in [1.29, 1.82) is 0 Å².